The normalized spacial score (nSPS) is 12.1. The Morgan fingerprint density at radius 3 is 2.24 bits per heavy atom. The molecule has 0 spiro atoms. The molecule has 1 amide bonds. The first-order chi connectivity index (χ1) is 13.7. The molecule has 0 radical (unpaired) electrons. The first-order valence-electron chi connectivity index (χ1n) is 9.71. The zero-order valence-corrected chi connectivity index (χ0v) is 17.8. The molecule has 1 heterocycles. The topological polar surface area (TPSA) is 68.5 Å². The number of nitrogens with one attached hydrogen (secondary N) is 1. The molecule has 5 heteroatoms. The molecule has 3 aromatic rings. The van der Waals surface area contributed by atoms with E-state index in [0.29, 0.717) is 0 Å². The maximum absolute atomic E-state index is 12.5. The molecule has 0 saturated heterocycles. The average molecular weight is 393 g/mol. The lowest BCUT2D eigenvalue weighted by Gasteiger charge is -2.17. The Hall–Kier alpha value is -3.08. The summed E-state index contributed by atoms with van der Waals surface area (Å²) in [6, 6.07) is 7.98. The van der Waals surface area contributed by atoms with Gasteiger partial charge in [-0.2, -0.15) is 0 Å². The highest BCUT2D eigenvalue weighted by Crippen LogP contribution is 2.26. The molecule has 0 aliphatic rings. The van der Waals surface area contributed by atoms with Crippen molar-refractivity contribution < 1.29 is 18.7 Å². The fraction of sp³-hybridized carbons (Fsp3) is 0.333. The van der Waals surface area contributed by atoms with Gasteiger partial charge in [-0.15, -0.1) is 0 Å². The first-order valence-corrected chi connectivity index (χ1v) is 9.71. The summed E-state index contributed by atoms with van der Waals surface area (Å²) in [5.74, 6) is -0.817. The number of aryl methyl sites for hydroxylation is 5. The molecular formula is C24H27NO4. The summed E-state index contributed by atoms with van der Waals surface area (Å²) in [5, 5.41) is 3.77. The number of hydrogen-bond donors (Lipinski definition) is 1. The number of carbonyl (C=O) groups excluding carboxylic acids is 2. The van der Waals surface area contributed by atoms with Gasteiger partial charge in [0.25, 0.3) is 5.91 Å². The van der Waals surface area contributed by atoms with E-state index in [2.05, 4.69) is 5.32 Å². The van der Waals surface area contributed by atoms with Gasteiger partial charge in [-0.05, 0) is 75.9 Å². The minimum atomic E-state index is -0.898. The molecule has 0 fully saturated rings. The fourth-order valence-electron chi connectivity index (χ4n) is 3.52. The zero-order valence-electron chi connectivity index (χ0n) is 17.8. The van der Waals surface area contributed by atoms with Gasteiger partial charge in [-0.25, -0.2) is 0 Å². The van der Waals surface area contributed by atoms with Crippen LogP contribution in [-0.2, 0) is 20.7 Å². The Bertz CT molecular complexity index is 1070. The lowest BCUT2D eigenvalue weighted by Crippen LogP contribution is -2.31. The number of benzene rings is 2. The highest BCUT2D eigenvalue weighted by atomic mass is 16.5. The van der Waals surface area contributed by atoms with Gasteiger partial charge in [-0.1, -0.05) is 17.7 Å². The van der Waals surface area contributed by atoms with E-state index in [-0.39, 0.29) is 12.3 Å². The number of esters is 1. The van der Waals surface area contributed by atoms with Crippen LogP contribution in [0.1, 0.15) is 40.3 Å². The third-order valence-corrected chi connectivity index (χ3v) is 5.21. The summed E-state index contributed by atoms with van der Waals surface area (Å²) >= 11 is 0. The van der Waals surface area contributed by atoms with E-state index in [4.69, 9.17) is 9.15 Å². The summed E-state index contributed by atoms with van der Waals surface area (Å²) in [5.41, 5.74) is 7.61. The highest BCUT2D eigenvalue weighted by molar-refractivity contribution is 5.96. The van der Waals surface area contributed by atoms with Crippen LogP contribution in [0.15, 0.2) is 34.9 Å². The number of hydrogen-bond acceptors (Lipinski definition) is 4. The standard InChI is InChI=1S/C24H27NO4/c1-13-7-16(4)23(17(5)8-13)25-24(27)18(6)29-22(26)11-19-12-28-21-10-15(3)14(2)9-20(19)21/h7-10,12,18H,11H2,1-6H3,(H,25,27)/t18-/m0/s1. The summed E-state index contributed by atoms with van der Waals surface area (Å²) in [6.45, 7) is 11.5. The molecule has 5 nitrogen and oxygen atoms in total. The fourth-order valence-corrected chi connectivity index (χ4v) is 3.52. The summed E-state index contributed by atoms with van der Waals surface area (Å²) < 4.78 is 10.9. The second-order valence-electron chi connectivity index (χ2n) is 7.77. The van der Waals surface area contributed by atoms with Crippen LogP contribution in [0, 0.1) is 34.6 Å². The van der Waals surface area contributed by atoms with E-state index in [1.165, 1.54) is 0 Å². The number of ether oxygens (including phenoxy) is 1. The quantitative estimate of drug-likeness (QED) is 0.613. The molecule has 2 aromatic carbocycles. The molecular weight excluding hydrogens is 366 g/mol. The summed E-state index contributed by atoms with van der Waals surface area (Å²) in [7, 11) is 0. The molecule has 0 aliphatic heterocycles. The van der Waals surface area contributed by atoms with Gasteiger partial charge >= 0.3 is 5.97 Å². The SMILES string of the molecule is Cc1cc(C)c(NC(=O)[C@H](C)OC(=O)Cc2coc3cc(C)c(C)cc23)c(C)c1. The van der Waals surface area contributed by atoms with Gasteiger partial charge < -0.3 is 14.5 Å². The molecule has 1 aromatic heterocycles. The maximum atomic E-state index is 12.5. The number of amides is 1. The van der Waals surface area contributed by atoms with Crippen molar-refractivity contribution in [3.8, 4) is 0 Å². The van der Waals surface area contributed by atoms with Crippen LogP contribution in [0.25, 0.3) is 11.0 Å². The van der Waals surface area contributed by atoms with Gasteiger partial charge in [0, 0.05) is 16.6 Å². The van der Waals surface area contributed by atoms with E-state index in [0.717, 1.165) is 50.0 Å². The average Bonchev–Trinajstić information content (AvgIpc) is 2.99. The molecule has 0 bridgehead atoms. The maximum Gasteiger partial charge on any atom is 0.311 e. The minimum Gasteiger partial charge on any atom is -0.464 e. The number of furan rings is 1. The smallest absolute Gasteiger partial charge is 0.311 e. The van der Waals surface area contributed by atoms with Gasteiger partial charge in [0.05, 0.1) is 12.7 Å². The molecule has 0 aliphatic carbocycles. The van der Waals surface area contributed by atoms with Crippen LogP contribution in [0.4, 0.5) is 5.69 Å². The zero-order chi connectivity index (χ0) is 21.3. The van der Waals surface area contributed by atoms with Crippen molar-refractivity contribution >= 4 is 28.5 Å². The van der Waals surface area contributed by atoms with Gasteiger partial charge in [0.15, 0.2) is 6.10 Å². The van der Waals surface area contributed by atoms with E-state index in [9.17, 15) is 9.59 Å². The Kier molecular flexibility index (Phi) is 5.78. The summed E-state index contributed by atoms with van der Waals surface area (Å²) in [4.78, 5) is 24.9. The molecule has 3 rings (SSSR count). The van der Waals surface area contributed by atoms with Crippen molar-refractivity contribution in [2.75, 3.05) is 5.32 Å². The minimum absolute atomic E-state index is 0.0513. The predicted octanol–water partition coefficient (Wildman–Crippen LogP) is 5.09. The summed E-state index contributed by atoms with van der Waals surface area (Å²) in [6.07, 6.45) is 0.731. The third-order valence-electron chi connectivity index (χ3n) is 5.21. The third kappa shape index (κ3) is 4.50. The van der Waals surface area contributed by atoms with E-state index >= 15 is 0 Å². The van der Waals surface area contributed by atoms with Crippen LogP contribution >= 0.6 is 0 Å². The van der Waals surface area contributed by atoms with E-state index < -0.39 is 12.1 Å². The Morgan fingerprint density at radius 1 is 0.966 bits per heavy atom. The van der Waals surface area contributed by atoms with Crippen molar-refractivity contribution in [2.45, 2.75) is 54.1 Å². The number of anilines is 1. The van der Waals surface area contributed by atoms with Crippen molar-refractivity contribution in [2.24, 2.45) is 0 Å². The second kappa shape index (κ2) is 8.11. The van der Waals surface area contributed by atoms with Crippen LogP contribution in [0.3, 0.4) is 0 Å². The highest BCUT2D eigenvalue weighted by Gasteiger charge is 2.21. The lowest BCUT2D eigenvalue weighted by molar-refractivity contribution is -0.152. The molecule has 0 unspecified atom stereocenters. The van der Waals surface area contributed by atoms with Crippen molar-refractivity contribution in [1.82, 2.24) is 0 Å². The number of rotatable bonds is 5. The van der Waals surface area contributed by atoms with Crippen LogP contribution in [-0.4, -0.2) is 18.0 Å². The van der Waals surface area contributed by atoms with Crippen LogP contribution in [0.2, 0.25) is 0 Å². The Morgan fingerprint density at radius 2 is 1.59 bits per heavy atom. The van der Waals surface area contributed by atoms with Crippen LogP contribution < -0.4 is 5.32 Å². The monoisotopic (exact) mass is 393 g/mol. The van der Waals surface area contributed by atoms with Crippen molar-refractivity contribution in [3.63, 3.8) is 0 Å². The number of carbonyl (C=O) groups is 2. The van der Waals surface area contributed by atoms with Gasteiger partial charge in [0.1, 0.15) is 5.58 Å². The first kappa shape index (κ1) is 20.6. The van der Waals surface area contributed by atoms with E-state index in [1.54, 1.807) is 13.2 Å². The Balaban J connectivity index is 1.66. The molecule has 1 N–H and O–H groups in total. The van der Waals surface area contributed by atoms with Crippen LogP contribution in [0.5, 0.6) is 0 Å². The number of fused-ring (bicyclic) bond motifs is 1. The molecule has 29 heavy (non-hydrogen) atoms. The second-order valence-corrected chi connectivity index (χ2v) is 7.77. The largest absolute Gasteiger partial charge is 0.464 e. The molecule has 0 saturated carbocycles. The van der Waals surface area contributed by atoms with Gasteiger partial charge in [-0.3, -0.25) is 9.59 Å². The van der Waals surface area contributed by atoms with Crippen molar-refractivity contribution in [3.05, 3.63) is 63.9 Å². The molecule has 152 valence electrons. The lowest BCUT2D eigenvalue weighted by atomic mass is 10.0. The van der Waals surface area contributed by atoms with Crippen molar-refractivity contribution in [1.29, 1.82) is 0 Å². The predicted molar refractivity (Wildman–Crippen MR) is 114 cm³/mol. The van der Waals surface area contributed by atoms with Gasteiger partial charge in [0.2, 0.25) is 0 Å². The Labute approximate surface area is 171 Å². The van der Waals surface area contributed by atoms with E-state index in [1.807, 2.05) is 58.9 Å². The molecule has 1 atom stereocenters.